The monoisotopic (exact) mass is 261 g/mol. The van der Waals surface area contributed by atoms with Gasteiger partial charge in [-0.05, 0) is 49.4 Å². The van der Waals surface area contributed by atoms with Crippen LogP contribution in [0.1, 0.15) is 37.8 Å². The molecule has 0 radical (unpaired) electrons. The van der Waals surface area contributed by atoms with Gasteiger partial charge in [0.2, 0.25) is 0 Å². The van der Waals surface area contributed by atoms with E-state index in [1.807, 2.05) is 0 Å². The van der Waals surface area contributed by atoms with E-state index in [1.54, 1.807) is 7.11 Å². The predicted molar refractivity (Wildman–Crippen MR) is 80.6 cm³/mol. The zero-order valence-corrected chi connectivity index (χ0v) is 12.5. The summed E-state index contributed by atoms with van der Waals surface area (Å²) in [6.45, 7) is 7.67. The largest absolute Gasteiger partial charge is 0.384 e. The first kappa shape index (κ1) is 14.5. The van der Waals surface area contributed by atoms with Crippen LogP contribution < -0.4 is 5.32 Å². The highest BCUT2D eigenvalue weighted by molar-refractivity contribution is 5.34. The standard InChI is InChI=1S/C17H27NO/c1-17(2,13-19-3)16-9-5-4-8-15(16)11-14-7-6-10-18-12-14/h4-5,8-9,14,18H,6-7,10-13H2,1-3H3. The second kappa shape index (κ2) is 6.53. The molecule has 19 heavy (non-hydrogen) atoms. The van der Waals surface area contributed by atoms with Crippen molar-refractivity contribution in [2.45, 2.75) is 38.5 Å². The number of methoxy groups -OCH3 is 1. The van der Waals surface area contributed by atoms with Crippen molar-refractivity contribution in [1.29, 1.82) is 0 Å². The molecule has 1 aromatic carbocycles. The van der Waals surface area contributed by atoms with Gasteiger partial charge >= 0.3 is 0 Å². The lowest BCUT2D eigenvalue weighted by Gasteiger charge is -2.29. The van der Waals surface area contributed by atoms with Crippen molar-refractivity contribution in [1.82, 2.24) is 5.32 Å². The Hall–Kier alpha value is -0.860. The van der Waals surface area contributed by atoms with E-state index >= 15 is 0 Å². The van der Waals surface area contributed by atoms with Crippen LogP contribution in [0.15, 0.2) is 24.3 Å². The predicted octanol–water partition coefficient (Wildman–Crippen LogP) is 3.15. The molecule has 2 rings (SSSR count). The van der Waals surface area contributed by atoms with E-state index in [2.05, 4.69) is 43.4 Å². The van der Waals surface area contributed by atoms with Gasteiger partial charge in [-0.15, -0.1) is 0 Å². The topological polar surface area (TPSA) is 21.3 Å². The molecule has 0 aromatic heterocycles. The molecular formula is C17H27NO. The summed E-state index contributed by atoms with van der Waals surface area (Å²) in [7, 11) is 1.79. The number of hydrogen-bond acceptors (Lipinski definition) is 2. The highest BCUT2D eigenvalue weighted by Crippen LogP contribution is 2.29. The third-order valence-corrected chi connectivity index (χ3v) is 4.16. The van der Waals surface area contributed by atoms with Gasteiger partial charge in [0, 0.05) is 12.5 Å². The average molecular weight is 261 g/mol. The van der Waals surface area contributed by atoms with Crippen LogP contribution in [0.3, 0.4) is 0 Å². The van der Waals surface area contributed by atoms with Crippen molar-refractivity contribution >= 4 is 0 Å². The minimum atomic E-state index is 0.0907. The highest BCUT2D eigenvalue weighted by atomic mass is 16.5. The Morgan fingerprint density at radius 1 is 1.32 bits per heavy atom. The van der Waals surface area contributed by atoms with Crippen molar-refractivity contribution in [3.05, 3.63) is 35.4 Å². The second-order valence-electron chi connectivity index (χ2n) is 6.39. The Bertz CT molecular complexity index is 394. The summed E-state index contributed by atoms with van der Waals surface area (Å²) in [5.41, 5.74) is 3.04. The first-order valence-corrected chi connectivity index (χ1v) is 7.41. The van der Waals surface area contributed by atoms with Gasteiger partial charge in [0.15, 0.2) is 0 Å². The van der Waals surface area contributed by atoms with Gasteiger partial charge in [0.05, 0.1) is 6.61 Å². The quantitative estimate of drug-likeness (QED) is 0.879. The van der Waals surface area contributed by atoms with Crippen molar-refractivity contribution in [3.8, 4) is 0 Å². The smallest absolute Gasteiger partial charge is 0.0553 e. The molecule has 1 aromatic rings. The molecule has 0 bridgehead atoms. The van der Waals surface area contributed by atoms with Gasteiger partial charge in [0.1, 0.15) is 0 Å². The minimum absolute atomic E-state index is 0.0907. The van der Waals surface area contributed by atoms with Crippen molar-refractivity contribution in [2.75, 3.05) is 26.8 Å². The van der Waals surface area contributed by atoms with E-state index in [0.717, 1.165) is 12.5 Å². The van der Waals surface area contributed by atoms with E-state index in [4.69, 9.17) is 4.74 Å². The number of piperidine rings is 1. The molecule has 1 fully saturated rings. The van der Waals surface area contributed by atoms with Gasteiger partial charge in [-0.3, -0.25) is 0 Å². The summed E-state index contributed by atoms with van der Waals surface area (Å²) >= 11 is 0. The van der Waals surface area contributed by atoms with Crippen molar-refractivity contribution in [2.24, 2.45) is 5.92 Å². The maximum absolute atomic E-state index is 5.39. The summed E-state index contributed by atoms with van der Waals surface area (Å²) < 4.78 is 5.39. The third kappa shape index (κ3) is 3.80. The van der Waals surface area contributed by atoms with Crippen LogP contribution in [-0.4, -0.2) is 26.8 Å². The summed E-state index contributed by atoms with van der Waals surface area (Å²) in [5, 5.41) is 3.51. The summed E-state index contributed by atoms with van der Waals surface area (Å²) in [5.74, 6) is 0.785. The molecule has 1 aliphatic heterocycles. The van der Waals surface area contributed by atoms with E-state index < -0.39 is 0 Å². The molecule has 0 spiro atoms. The zero-order chi connectivity index (χ0) is 13.7. The number of hydrogen-bond donors (Lipinski definition) is 1. The van der Waals surface area contributed by atoms with Crippen LogP contribution in [0.25, 0.3) is 0 Å². The van der Waals surface area contributed by atoms with Crippen LogP contribution in [0.2, 0.25) is 0 Å². The van der Waals surface area contributed by atoms with Crippen LogP contribution >= 0.6 is 0 Å². The second-order valence-corrected chi connectivity index (χ2v) is 6.39. The lowest BCUT2D eigenvalue weighted by molar-refractivity contribution is 0.146. The molecule has 0 amide bonds. The Balaban J connectivity index is 2.15. The minimum Gasteiger partial charge on any atom is -0.384 e. The van der Waals surface area contributed by atoms with Gasteiger partial charge in [-0.25, -0.2) is 0 Å². The van der Waals surface area contributed by atoms with Crippen LogP contribution in [0.4, 0.5) is 0 Å². The SMILES string of the molecule is COCC(C)(C)c1ccccc1CC1CCCNC1. The number of ether oxygens (including phenoxy) is 1. The molecule has 2 heteroatoms. The normalized spacial score (nSPS) is 20.5. The van der Waals surface area contributed by atoms with E-state index in [0.29, 0.717) is 0 Å². The molecule has 1 atom stereocenters. The summed E-state index contributed by atoms with van der Waals surface area (Å²) in [6.07, 6.45) is 3.86. The maximum atomic E-state index is 5.39. The molecule has 1 N–H and O–H groups in total. The van der Waals surface area contributed by atoms with E-state index in [1.165, 1.54) is 43.5 Å². The molecular weight excluding hydrogens is 234 g/mol. The van der Waals surface area contributed by atoms with Crippen LogP contribution in [0.5, 0.6) is 0 Å². The first-order chi connectivity index (χ1) is 9.13. The fraction of sp³-hybridized carbons (Fsp3) is 0.647. The van der Waals surface area contributed by atoms with Gasteiger partial charge in [-0.1, -0.05) is 38.1 Å². The van der Waals surface area contributed by atoms with Crippen LogP contribution in [0, 0.1) is 5.92 Å². The molecule has 1 heterocycles. The summed E-state index contributed by atoms with van der Waals surface area (Å²) in [4.78, 5) is 0. The fourth-order valence-electron chi connectivity index (χ4n) is 3.21. The zero-order valence-electron chi connectivity index (χ0n) is 12.5. The molecule has 0 saturated carbocycles. The third-order valence-electron chi connectivity index (χ3n) is 4.16. The lowest BCUT2D eigenvalue weighted by Crippen LogP contribution is -2.32. The highest BCUT2D eigenvalue weighted by Gasteiger charge is 2.24. The van der Waals surface area contributed by atoms with Crippen molar-refractivity contribution in [3.63, 3.8) is 0 Å². The Morgan fingerprint density at radius 2 is 2.11 bits per heavy atom. The maximum Gasteiger partial charge on any atom is 0.0553 e. The lowest BCUT2D eigenvalue weighted by atomic mass is 9.79. The summed E-state index contributed by atoms with van der Waals surface area (Å²) in [6, 6.07) is 8.87. The van der Waals surface area contributed by atoms with Crippen molar-refractivity contribution < 1.29 is 4.74 Å². The molecule has 106 valence electrons. The average Bonchev–Trinajstić information content (AvgIpc) is 2.40. The molecule has 1 aliphatic rings. The van der Waals surface area contributed by atoms with E-state index in [-0.39, 0.29) is 5.41 Å². The molecule has 1 unspecified atom stereocenters. The molecule has 1 saturated heterocycles. The van der Waals surface area contributed by atoms with Gasteiger partial charge in [0.25, 0.3) is 0 Å². The Labute approximate surface area is 117 Å². The molecule has 0 aliphatic carbocycles. The number of rotatable bonds is 5. The van der Waals surface area contributed by atoms with Gasteiger partial charge < -0.3 is 10.1 Å². The number of benzene rings is 1. The first-order valence-electron chi connectivity index (χ1n) is 7.41. The number of nitrogens with one attached hydrogen (secondary N) is 1. The van der Waals surface area contributed by atoms with E-state index in [9.17, 15) is 0 Å². The Morgan fingerprint density at radius 3 is 2.79 bits per heavy atom. The fourth-order valence-corrected chi connectivity index (χ4v) is 3.21. The molecule has 2 nitrogen and oxygen atoms in total. The van der Waals surface area contributed by atoms with Gasteiger partial charge in [-0.2, -0.15) is 0 Å². The van der Waals surface area contributed by atoms with Crippen LogP contribution in [-0.2, 0) is 16.6 Å². The Kier molecular flexibility index (Phi) is 5.00.